The van der Waals surface area contributed by atoms with Gasteiger partial charge in [-0.2, -0.15) is 4.89 Å². The first kappa shape index (κ1) is 21.0. The van der Waals surface area contributed by atoms with Crippen LogP contribution in [0.1, 0.15) is 38.9 Å². The van der Waals surface area contributed by atoms with Crippen LogP contribution in [0.3, 0.4) is 0 Å². The molecular weight excluding hydrogens is 400 g/mol. The van der Waals surface area contributed by atoms with E-state index >= 15 is 0 Å². The Kier molecular flexibility index (Phi) is 5.73. The third-order valence-corrected chi connectivity index (χ3v) is 5.19. The van der Waals surface area contributed by atoms with Crippen LogP contribution >= 0.6 is 0 Å². The molecule has 2 aromatic carbocycles. The molecule has 1 aliphatic rings. The fourth-order valence-corrected chi connectivity index (χ4v) is 3.44. The number of carbonyl (C=O) groups is 1. The largest absolute Gasteiger partial charge is 0.465 e. The average Bonchev–Trinajstić information content (AvgIpc) is 2.78. The summed E-state index contributed by atoms with van der Waals surface area (Å²) in [5.74, 6) is -0.760. The maximum Gasteiger partial charge on any atom is 0.351 e. The van der Waals surface area contributed by atoms with E-state index in [0.717, 1.165) is 16.7 Å². The van der Waals surface area contributed by atoms with Gasteiger partial charge in [0.1, 0.15) is 17.3 Å². The molecule has 1 aliphatic heterocycles. The summed E-state index contributed by atoms with van der Waals surface area (Å²) in [4.78, 5) is 35.0. The predicted octanol–water partition coefficient (Wildman–Crippen LogP) is 4.26. The number of esters is 1. The third kappa shape index (κ3) is 4.16. The second-order valence-electron chi connectivity index (χ2n) is 7.43. The minimum absolute atomic E-state index is 0.178. The highest BCUT2D eigenvalue weighted by Crippen LogP contribution is 2.32. The summed E-state index contributed by atoms with van der Waals surface area (Å²) in [6, 6.07) is 12.9. The first-order valence-electron chi connectivity index (χ1n) is 9.73. The molecule has 2 unspecified atom stereocenters. The summed E-state index contributed by atoms with van der Waals surface area (Å²) in [7, 11) is 1.20. The maximum atomic E-state index is 12.1. The molecule has 7 nitrogen and oxygen atoms in total. The van der Waals surface area contributed by atoms with E-state index in [2.05, 4.69) is 11.3 Å². The predicted molar refractivity (Wildman–Crippen MR) is 113 cm³/mol. The van der Waals surface area contributed by atoms with Gasteiger partial charge >= 0.3 is 11.6 Å². The van der Waals surface area contributed by atoms with Crippen molar-refractivity contribution in [3.05, 3.63) is 87.3 Å². The normalized spacial score (nSPS) is 18.7. The van der Waals surface area contributed by atoms with Gasteiger partial charge in [-0.15, -0.1) is 0 Å². The van der Waals surface area contributed by atoms with Crippen LogP contribution in [0.25, 0.3) is 16.5 Å². The number of hydrogen-bond donors (Lipinski definition) is 0. The van der Waals surface area contributed by atoms with E-state index in [1.165, 1.54) is 13.2 Å². The molecule has 0 bridgehead atoms. The molecule has 0 radical (unpaired) electrons. The molecule has 4 rings (SSSR count). The van der Waals surface area contributed by atoms with Gasteiger partial charge in [0.2, 0.25) is 6.29 Å². The van der Waals surface area contributed by atoms with E-state index in [1.54, 1.807) is 19.1 Å². The highest BCUT2D eigenvalue weighted by atomic mass is 17.2. The monoisotopic (exact) mass is 422 g/mol. The Hall–Kier alpha value is -3.26. The van der Waals surface area contributed by atoms with Crippen molar-refractivity contribution >= 4 is 22.5 Å². The van der Waals surface area contributed by atoms with Crippen LogP contribution < -0.4 is 5.63 Å². The minimum Gasteiger partial charge on any atom is -0.465 e. The standard InChI is InChI=1S/C24H22O7/c1-13-5-7-16(8-6-13)15(3)20-12-28-24(31-30-20)18-9-14(2)21-17(10-18)11-19(22(25)27-4)23(26)29-21/h5-11,20,24H,3,12H2,1-2,4H3. The molecule has 160 valence electrons. The molecular formula is C24H22O7. The number of ether oxygens (including phenoxy) is 2. The average molecular weight is 422 g/mol. The number of aryl methyl sites for hydroxylation is 2. The smallest absolute Gasteiger partial charge is 0.351 e. The second kappa shape index (κ2) is 8.47. The first-order chi connectivity index (χ1) is 14.9. The van der Waals surface area contributed by atoms with Crippen molar-refractivity contribution in [3.63, 3.8) is 0 Å². The van der Waals surface area contributed by atoms with Gasteiger partial charge in [-0.05, 0) is 48.7 Å². The van der Waals surface area contributed by atoms with Crippen LogP contribution in [-0.4, -0.2) is 25.8 Å². The summed E-state index contributed by atoms with van der Waals surface area (Å²) in [5, 5.41) is 0.549. The van der Waals surface area contributed by atoms with Crippen LogP contribution in [0.15, 0.2) is 58.3 Å². The Morgan fingerprint density at radius 1 is 1.10 bits per heavy atom. The minimum atomic E-state index is -0.779. The summed E-state index contributed by atoms with van der Waals surface area (Å²) in [6.45, 7) is 8.17. The molecule has 1 aromatic heterocycles. The molecule has 1 saturated heterocycles. The second-order valence-corrected chi connectivity index (χ2v) is 7.43. The third-order valence-electron chi connectivity index (χ3n) is 5.19. The Morgan fingerprint density at radius 2 is 1.84 bits per heavy atom. The van der Waals surface area contributed by atoms with Crippen LogP contribution in [0.5, 0.6) is 0 Å². The Morgan fingerprint density at radius 3 is 2.48 bits per heavy atom. The van der Waals surface area contributed by atoms with Gasteiger partial charge in [0.05, 0.1) is 13.7 Å². The molecule has 1 fully saturated rings. The van der Waals surface area contributed by atoms with E-state index in [1.807, 2.05) is 31.2 Å². The number of carbonyl (C=O) groups excluding carboxylic acids is 1. The van der Waals surface area contributed by atoms with Crippen LogP contribution in [0, 0.1) is 13.8 Å². The number of methoxy groups -OCH3 is 1. The zero-order valence-corrected chi connectivity index (χ0v) is 17.5. The molecule has 0 amide bonds. The number of fused-ring (bicyclic) bond motifs is 1. The van der Waals surface area contributed by atoms with Crippen molar-refractivity contribution < 1.29 is 28.5 Å². The lowest BCUT2D eigenvalue weighted by molar-refractivity contribution is -0.435. The topological polar surface area (TPSA) is 84.2 Å². The van der Waals surface area contributed by atoms with Gasteiger partial charge in [0.15, 0.2) is 0 Å². The van der Waals surface area contributed by atoms with Gasteiger partial charge in [-0.3, -0.25) is 0 Å². The first-order valence-corrected chi connectivity index (χ1v) is 9.73. The number of rotatable bonds is 4. The number of benzene rings is 2. The molecule has 7 heteroatoms. The molecule has 0 spiro atoms. The number of hydrogen-bond acceptors (Lipinski definition) is 7. The lowest BCUT2D eigenvalue weighted by Crippen LogP contribution is -2.30. The van der Waals surface area contributed by atoms with Crippen molar-refractivity contribution in [2.24, 2.45) is 0 Å². The van der Waals surface area contributed by atoms with Crippen molar-refractivity contribution in [1.29, 1.82) is 0 Å². The van der Waals surface area contributed by atoms with E-state index in [-0.39, 0.29) is 12.2 Å². The highest BCUT2D eigenvalue weighted by Gasteiger charge is 2.28. The molecule has 0 aliphatic carbocycles. The molecule has 0 N–H and O–H groups in total. The summed E-state index contributed by atoms with van der Waals surface area (Å²) in [6.07, 6.45) is -1.22. The quantitative estimate of drug-likeness (QED) is 0.353. The van der Waals surface area contributed by atoms with Gasteiger partial charge < -0.3 is 13.9 Å². The maximum absolute atomic E-state index is 12.1. The van der Waals surface area contributed by atoms with E-state index in [4.69, 9.17) is 18.9 Å². The fourth-order valence-electron chi connectivity index (χ4n) is 3.44. The molecule has 0 saturated carbocycles. The van der Waals surface area contributed by atoms with Gasteiger partial charge in [0, 0.05) is 10.9 Å². The lowest BCUT2D eigenvalue weighted by atomic mass is 10.0. The van der Waals surface area contributed by atoms with Crippen LogP contribution in [-0.2, 0) is 19.2 Å². The summed E-state index contributed by atoms with van der Waals surface area (Å²) in [5.41, 5.74) is 3.68. The Bertz CT molecular complexity index is 1200. The Labute approximate surface area is 178 Å². The van der Waals surface area contributed by atoms with Gasteiger partial charge in [-0.1, -0.05) is 36.4 Å². The van der Waals surface area contributed by atoms with E-state index < -0.39 is 24.0 Å². The highest BCUT2D eigenvalue weighted by molar-refractivity contribution is 5.93. The van der Waals surface area contributed by atoms with E-state index in [9.17, 15) is 9.59 Å². The summed E-state index contributed by atoms with van der Waals surface area (Å²) < 4.78 is 15.8. The van der Waals surface area contributed by atoms with E-state index in [0.29, 0.717) is 22.1 Å². The van der Waals surface area contributed by atoms with Crippen molar-refractivity contribution in [2.45, 2.75) is 26.2 Å². The van der Waals surface area contributed by atoms with Gasteiger partial charge in [-0.25, -0.2) is 14.5 Å². The van der Waals surface area contributed by atoms with Crippen molar-refractivity contribution in [2.75, 3.05) is 13.7 Å². The van der Waals surface area contributed by atoms with Crippen molar-refractivity contribution in [3.8, 4) is 0 Å². The van der Waals surface area contributed by atoms with Crippen LogP contribution in [0.4, 0.5) is 0 Å². The lowest BCUT2D eigenvalue weighted by Gasteiger charge is -2.29. The zero-order chi connectivity index (χ0) is 22.1. The Balaban J connectivity index is 1.55. The van der Waals surface area contributed by atoms with Gasteiger partial charge in [0.25, 0.3) is 0 Å². The molecule has 2 atom stereocenters. The zero-order valence-electron chi connectivity index (χ0n) is 17.5. The molecule has 31 heavy (non-hydrogen) atoms. The SMILES string of the molecule is C=C(c1ccc(C)cc1)C1COC(c2cc(C)c3oc(=O)c(C(=O)OC)cc3c2)OO1. The summed E-state index contributed by atoms with van der Waals surface area (Å²) >= 11 is 0. The molecule has 2 heterocycles. The molecule has 3 aromatic rings. The fraction of sp³-hybridized carbons (Fsp3) is 0.250. The van der Waals surface area contributed by atoms with Crippen LogP contribution in [0.2, 0.25) is 0 Å². The van der Waals surface area contributed by atoms with Crippen molar-refractivity contribution in [1.82, 2.24) is 0 Å².